The van der Waals surface area contributed by atoms with E-state index in [1.165, 1.54) is 0 Å². The molecule has 0 spiro atoms. The molecule has 2 amide bonds. The van der Waals surface area contributed by atoms with Crippen molar-refractivity contribution in [3.63, 3.8) is 0 Å². The normalized spacial score (nSPS) is 19.8. The summed E-state index contributed by atoms with van der Waals surface area (Å²) in [6.45, 7) is 8.73. The lowest BCUT2D eigenvalue weighted by atomic mass is 9.80. The molecule has 0 unspecified atom stereocenters. The maximum Gasteiger partial charge on any atom is 0.410 e. The van der Waals surface area contributed by atoms with Crippen LogP contribution in [0.4, 0.5) is 4.79 Å². The number of carbonyl (C=O) groups excluding carboxylic acids is 2. The van der Waals surface area contributed by atoms with Crippen molar-refractivity contribution in [2.75, 3.05) is 19.6 Å². The second-order valence-corrected chi connectivity index (χ2v) is 12.8. The van der Waals surface area contributed by atoms with Crippen molar-refractivity contribution in [3.05, 3.63) is 78.2 Å². The molecule has 2 heterocycles. The lowest BCUT2D eigenvalue weighted by Crippen LogP contribution is -2.58. The molecular formula is C34H44N4O4. The van der Waals surface area contributed by atoms with E-state index in [4.69, 9.17) is 9.72 Å². The van der Waals surface area contributed by atoms with Gasteiger partial charge in [-0.2, -0.15) is 0 Å². The zero-order valence-electron chi connectivity index (χ0n) is 25.3. The Balaban J connectivity index is 1.49. The average molecular weight is 573 g/mol. The molecule has 1 aromatic heterocycles. The van der Waals surface area contributed by atoms with Crippen LogP contribution < -0.4 is 0 Å². The summed E-state index contributed by atoms with van der Waals surface area (Å²) in [6, 6.07) is 19.4. The summed E-state index contributed by atoms with van der Waals surface area (Å²) in [4.78, 5) is 35.8. The Bertz CT molecular complexity index is 1360. The molecule has 224 valence electrons. The fourth-order valence-corrected chi connectivity index (χ4v) is 6.35. The molecule has 5 rings (SSSR count). The van der Waals surface area contributed by atoms with Crippen LogP contribution in [-0.2, 0) is 11.2 Å². The Hall–Kier alpha value is -3.65. The number of nitrogens with zero attached hydrogens (tertiary/aromatic N) is 4. The summed E-state index contributed by atoms with van der Waals surface area (Å²) in [7, 11) is 0. The fraction of sp³-hybridized carbons (Fsp3) is 0.500. The van der Waals surface area contributed by atoms with Crippen LogP contribution in [0.2, 0.25) is 0 Å². The third kappa shape index (κ3) is 6.54. The van der Waals surface area contributed by atoms with Gasteiger partial charge in [0.1, 0.15) is 5.60 Å². The van der Waals surface area contributed by atoms with Crippen molar-refractivity contribution in [1.82, 2.24) is 19.4 Å². The number of rotatable bonds is 6. The van der Waals surface area contributed by atoms with Gasteiger partial charge in [-0.3, -0.25) is 4.79 Å². The van der Waals surface area contributed by atoms with E-state index in [1.54, 1.807) is 11.2 Å². The van der Waals surface area contributed by atoms with Crippen LogP contribution in [0.5, 0.6) is 0 Å². The summed E-state index contributed by atoms with van der Waals surface area (Å²) in [5.74, 6) is -0.166. The van der Waals surface area contributed by atoms with Crippen molar-refractivity contribution in [2.45, 2.75) is 89.5 Å². The van der Waals surface area contributed by atoms with Gasteiger partial charge in [0, 0.05) is 25.2 Å². The number of amides is 2. The van der Waals surface area contributed by atoms with Crippen LogP contribution in [0.1, 0.15) is 81.9 Å². The van der Waals surface area contributed by atoms with Crippen molar-refractivity contribution < 1.29 is 19.4 Å². The first-order chi connectivity index (χ1) is 20.1. The molecule has 1 saturated heterocycles. The SMILES string of the molecule is C[C@H](n1cnc(C(=O)N2CCN(C(=O)OC(C)(C)C)C[C@H]2Cc2ccccc2)c1-c1ccccc1)C1(O)CCCCC1. The van der Waals surface area contributed by atoms with Crippen molar-refractivity contribution in [1.29, 1.82) is 0 Å². The minimum absolute atomic E-state index is 0.166. The number of hydrogen-bond donors (Lipinski definition) is 1. The highest BCUT2D eigenvalue weighted by molar-refractivity contribution is 5.98. The topological polar surface area (TPSA) is 87.9 Å². The van der Waals surface area contributed by atoms with Crippen LogP contribution in [0.15, 0.2) is 67.0 Å². The second kappa shape index (κ2) is 12.3. The van der Waals surface area contributed by atoms with Gasteiger partial charge in [-0.1, -0.05) is 79.9 Å². The first-order valence-corrected chi connectivity index (χ1v) is 15.2. The summed E-state index contributed by atoms with van der Waals surface area (Å²) in [5, 5.41) is 11.6. The summed E-state index contributed by atoms with van der Waals surface area (Å²) in [6.07, 6.45) is 6.53. The predicted octanol–water partition coefficient (Wildman–Crippen LogP) is 6.11. The highest BCUT2D eigenvalue weighted by Crippen LogP contribution is 2.40. The molecule has 0 bridgehead atoms. The third-order valence-corrected chi connectivity index (χ3v) is 8.67. The fourth-order valence-electron chi connectivity index (χ4n) is 6.35. The molecule has 1 N–H and O–H groups in total. The number of ether oxygens (including phenoxy) is 1. The van der Waals surface area contributed by atoms with Gasteiger partial charge in [-0.15, -0.1) is 0 Å². The van der Waals surface area contributed by atoms with Crippen molar-refractivity contribution in [2.24, 2.45) is 0 Å². The van der Waals surface area contributed by atoms with Crippen LogP contribution in [0.25, 0.3) is 11.3 Å². The molecule has 2 fully saturated rings. The predicted molar refractivity (Wildman–Crippen MR) is 163 cm³/mol. The third-order valence-electron chi connectivity index (χ3n) is 8.67. The Labute approximate surface area is 249 Å². The van der Waals surface area contributed by atoms with Crippen LogP contribution >= 0.6 is 0 Å². The number of imidazole rings is 1. The Morgan fingerprint density at radius 3 is 2.29 bits per heavy atom. The molecule has 2 aliphatic rings. The summed E-state index contributed by atoms with van der Waals surface area (Å²) < 4.78 is 7.67. The molecule has 1 aliphatic heterocycles. The highest BCUT2D eigenvalue weighted by Gasteiger charge is 2.40. The van der Waals surface area contributed by atoms with Gasteiger partial charge in [-0.05, 0) is 52.5 Å². The molecule has 42 heavy (non-hydrogen) atoms. The van der Waals surface area contributed by atoms with E-state index >= 15 is 0 Å². The van der Waals surface area contributed by atoms with Gasteiger partial charge in [-0.25, -0.2) is 9.78 Å². The van der Waals surface area contributed by atoms with E-state index in [2.05, 4.69) is 0 Å². The Kier molecular flexibility index (Phi) is 8.73. The molecule has 1 saturated carbocycles. The number of hydrogen-bond acceptors (Lipinski definition) is 5. The zero-order chi connectivity index (χ0) is 29.9. The minimum Gasteiger partial charge on any atom is -0.444 e. The van der Waals surface area contributed by atoms with E-state index in [-0.39, 0.29) is 24.1 Å². The molecule has 1 aliphatic carbocycles. The minimum atomic E-state index is -0.850. The number of benzene rings is 2. The van der Waals surface area contributed by atoms with Gasteiger partial charge >= 0.3 is 6.09 Å². The zero-order valence-corrected chi connectivity index (χ0v) is 25.3. The molecule has 8 nitrogen and oxygen atoms in total. The number of piperazine rings is 1. The van der Waals surface area contributed by atoms with Gasteiger partial charge in [0.2, 0.25) is 0 Å². The quantitative estimate of drug-likeness (QED) is 0.385. The maximum atomic E-state index is 14.4. The standard InChI is InChI=1S/C34H44N4O4/c1-25(34(41)18-12-7-13-19-34)38-24-35-29(30(38)27-16-10-6-11-17-27)31(39)37-21-20-36(32(40)42-33(2,3)4)23-28(37)22-26-14-8-5-9-15-26/h5-6,8-11,14-17,24-25,28,41H,7,12-13,18-23H2,1-4H3/t25-,28+/m0/s1. The van der Waals surface area contributed by atoms with E-state index < -0.39 is 11.2 Å². The van der Waals surface area contributed by atoms with Gasteiger partial charge in [0.15, 0.2) is 5.69 Å². The average Bonchev–Trinajstić information content (AvgIpc) is 3.42. The van der Waals surface area contributed by atoms with E-state index in [0.717, 1.165) is 48.9 Å². The Morgan fingerprint density at radius 1 is 1.00 bits per heavy atom. The lowest BCUT2D eigenvalue weighted by Gasteiger charge is -2.42. The second-order valence-electron chi connectivity index (χ2n) is 12.8. The smallest absolute Gasteiger partial charge is 0.410 e. The molecular weight excluding hydrogens is 528 g/mol. The number of aliphatic hydroxyl groups is 1. The molecule has 0 radical (unpaired) electrons. The van der Waals surface area contributed by atoms with Crippen molar-refractivity contribution >= 4 is 12.0 Å². The van der Waals surface area contributed by atoms with Gasteiger partial charge in [0.05, 0.1) is 29.7 Å². The van der Waals surface area contributed by atoms with E-state index in [1.807, 2.05) is 97.8 Å². The molecule has 3 aromatic rings. The maximum absolute atomic E-state index is 14.4. The van der Waals surface area contributed by atoms with E-state index in [9.17, 15) is 14.7 Å². The molecule has 2 aromatic carbocycles. The molecule has 8 heteroatoms. The molecule has 2 atom stereocenters. The van der Waals surface area contributed by atoms with Gasteiger partial charge < -0.3 is 24.2 Å². The summed E-state index contributed by atoms with van der Waals surface area (Å²) >= 11 is 0. The van der Waals surface area contributed by atoms with Gasteiger partial charge in [0.25, 0.3) is 5.91 Å². The van der Waals surface area contributed by atoms with Crippen LogP contribution in [0.3, 0.4) is 0 Å². The summed E-state index contributed by atoms with van der Waals surface area (Å²) in [5.41, 5.74) is 1.62. The highest BCUT2D eigenvalue weighted by atomic mass is 16.6. The van der Waals surface area contributed by atoms with Crippen LogP contribution in [0, 0.1) is 0 Å². The number of aromatic nitrogens is 2. The number of carbonyl (C=O) groups is 2. The van der Waals surface area contributed by atoms with E-state index in [0.29, 0.717) is 31.7 Å². The monoisotopic (exact) mass is 572 g/mol. The van der Waals surface area contributed by atoms with Crippen LogP contribution in [-0.4, -0.2) is 73.3 Å². The lowest BCUT2D eigenvalue weighted by molar-refractivity contribution is -0.0369. The largest absolute Gasteiger partial charge is 0.444 e. The Morgan fingerprint density at radius 2 is 1.64 bits per heavy atom. The van der Waals surface area contributed by atoms with Crippen molar-refractivity contribution in [3.8, 4) is 11.3 Å². The first kappa shape index (κ1) is 29.8. The first-order valence-electron chi connectivity index (χ1n) is 15.2.